The number of halogens is 1. The fraction of sp³-hybridized carbons (Fsp3) is 0.455. The molecule has 82 valence electrons. The Balaban J connectivity index is 2.76. The van der Waals surface area contributed by atoms with Gasteiger partial charge in [-0.15, -0.1) is 11.6 Å². The van der Waals surface area contributed by atoms with Crippen LogP contribution in [0.2, 0.25) is 0 Å². The van der Waals surface area contributed by atoms with Gasteiger partial charge >= 0.3 is 0 Å². The molecular weight excluding hydrogens is 212 g/mol. The zero-order valence-electron chi connectivity index (χ0n) is 8.98. The summed E-state index contributed by atoms with van der Waals surface area (Å²) in [6.07, 6.45) is 3.29. The van der Waals surface area contributed by atoms with Crippen molar-refractivity contribution in [3.05, 3.63) is 30.1 Å². The van der Waals surface area contributed by atoms with E-state index in [2.05, 4.69) is 4.98 Å². The smallest absolute Gasteiger partial charge is 0.245 e. The number of hydrogen-bond acceptors (Lipinski definition) is 2. The molecule has 1 aromatic heterocycles. The average molecular weight is 227 g/mol. The van der Waals surface area contributed by atoms with E-state index in [0.717, 1.165) is 5.56 Å². The maximum atomic E-state index is 11.9. The number of hydrogen-bond donors (Lipinski definition) is 0. The summed E-state index contributed by atoms with van der Waals surface area (Å²) in [5.41, 5.74) is 0.746. The molecule has 0 bridgehead atoms. The van der Waals surface area contributed by atoms with Gasteiger partial charge in [-0.3, -0.25) is 9.78 Å². The van der Waals surface area contributed by atoms with Crippen LogP contribution in [0, 0.1) is 0 Å². The lowest BCUT2D eigenvalue weighted by Gasteiger charge is -2.21. The Hall–Kier alpha value is -1.09. The number of alkyl halides is 1. The summed E-state index contributed by atoms with van der Waals surface area (Å²) in [5, 5.41) is -0.626. The molecule has 0 saturated carbocycles. The van der Waals surface area contributed by atoms with Crippen LogP contribution in [0.25, 0.3) is 0 Å². The van der Waals surface area contributed by atoms with E-state index in [-0.39, 0.29) is 5.91 Å². The number of likely N-dealkylation sites (N-methyl/N-ethyl adjacent to an activating group) is 1. The van der Waals surface area contributed by atoms with Gasteiger partial charge < -0.3 is 4.90 Å². The molecule has 0 aliphatic carbocycles. The first kappa shape index (κ1) is 12.0. The highest BCUT2D eigenvalue weighted by Crippen LogP contribution is 2.21. The van der Waals surface area contributed by atoms with Crippen molar-refractivity contribution >= 4 is 17.5 Å². The van der Waals surface area contributed by atoms with Crippen molar-refractivity contribution in [3.63, 3.8) is 0 Å². The van der Waals surface area contributed by atoms with Crippen LogP contribution in [-0.4, -0.2) is 28.9 Å². The van der Waals surface area contributed by atoms with Gasteiger partial charge in [-0.2, -0.15) is 0 Å². The number of amides is 1. The zero-order valence-corrected chi connectivity index (χ0v) is 9.74. The van der Waals surface area contributed by atoms with Gasteiger partial charge in [-0.25, -0.2) is 0 Å². The van der Waals surface area contributed by atoms with Crippen molar-refractivity contribution in [3.8, 4) is 0 Å². The largest absolute Gasteiger partial charge is 0.342 e. The molecule has 4 heteroatoms. The quantitative estimate of drug-likeness (QED) is 0.738. The Kier molecular flexibility index (Phi) is 4.56. The Labute approximate surface area is 95.1 Å². The molecule has 0 N–H and O–H groups in total. The minimum Gasteiger partial charge on any atom is -0.342 e. The molecule has 0 radical (unpaired) electrons. The lowest BCUT2D eigenvalue weighted by molar-refractivity contribution is -0.130. The van der Waals surface area contributed by atoms with Gasteiger partial charge in [0.15, 0.2) is 0 Å². The molecule has 3 nitrogen and oxygen atoms in total. The molecule has 1 rings (SSSR count). The number of pyridine rings is 1. The first-order valence-corrected chi connectivity index (χ1v) is 5.47. The highest BCUT2D eigenvalue weighted by atomic mass is 35.5. The van der Waals surface area contributed by atoms with E-state index in [0.29, 0.717) is 13.1 Å². The van der Waals surface area contributed by atoms with Crippen LogP contribution in [0.1, 0.15) is 24.8 Å². The van der Waals surface area contributed by atoms with Crippen molar-refractivity contribution in [2.24, 2.45) is 0 Å². The molecule has 1 amide bonds. The number of carbonyl (C=O) groups is 1. The summed E-state index contributed by atoms with van der Waals surface area (Å²) in [4.78, 5) is 17.5. The Morgan fingerprint density at radius 2 is 2.20 bits per heavy atom. The SMILES string of the molecule is CCN(CC)C(=O)C(Cl)c1cccnc1. The van der Waals surface area contributed by atoms with Crippen LogP contribution in [0.4, 0.5) is 0 Å². The minimum atomic E-state index is -0.626. The maximum absolute atomic E-state index is 11.9. The molecule has 0 aliphatic rings. The second-order valence-electron chi connectivity index (χ2n) is 3.16. The van der Waals surface area contributed by atoms with E-state index < -0.39 is 5.38 Å². The summed E-state index contributed by atoms with van der Waals surface area (Å²) in [7, 11) is 0. The van der Waals surface area contributed by atoms with Crippen molar-refractivity contribution in [2.45, 2.75) is 19.2 Å². The van der Waals surface area contributed by atoms with Gasteiger partial charge in [0.05, 0.1) is 0 Å². The summed E-state index contributed by atoms with van der Waals surface area (Å²) in [6, 6.07) is 3.59. The van der Waals surface area contributed by atoms with Gasteiger partial charge in [0.2, 0.25) is 5.91 Å². The van der Waals surface area contributed by atoms with Crippen LogP contribution < -0.4 is 0 Å². The van der Waals surface area contributed by atoms with E-state index in [1.54, 1.807) is 23.4 Å². The second kappa shape index (κ2) is 5.71. The van der Waals surface area contributed by atoms with Crippen molar-refractivity contribution < 1.29 is 4.79 Å². The summed E-state index contributed by atoms with van der Waals surface area (Å²) < 4.78 is 0. The summed E-state index contributed by atoms with van der Waals surface area (Å²) >= 11 is 6.08. The van der Waals surface area contributed by atoms with Gasteiger partial charge in [-0.05, 0) is 25.5 Å². The fourth-order valence-electron chi connectivity index (χ4n) is 1.36. The normalized spacial score (nSPS) is 12.2. The number of aromatic nitrogens is 1. The molecule has 15 heavy (non-hydrogen) atoms. The molecule has 1 atom stereocenters. The van der Waals surface area contributed by atoms with Crippen molar-refractivity contribution in [1.82, 2.24) is 9.88 Å². The lowest BCUT2D eigenvalue weighted by Crippen LogP contribution is -2.33. The lowest BCUT2D eigenvalue weighted by atomic mass is 10.2. The predicted molar refractivity (Wildman–Crippen MR) is 60.8 cm³/mol. The Morgan fingerprint density at radius 1 is 1.53 bits per heavy atom. The number of carbonyl (C=O) groups excluding carboxylic acids is 1. The molecule has 0 aliphatic heterocycles. The van der Waals surface area contributed by atoms with E-state index >= 15 is 0 Å². The molecule has 1 aromatic rings. The third-order valence-electron chi connectivity index (χ3n) is 2.27. The van der Waals surface area contributed by atoms with Crippen molar-refractivity contribution in [2.75, 3.05) is 13.1 Å². The van der Waals surface area contributed by atoms with E-state index in [1.165, 1.54) is 0 Å². The molecular formula is C11H15ClN2O. The average Bonchev–Trinajstić information content (AvgIpc) is 2.30. The molecule has 1 unspecified atom stereocenters. The molecule has 1 heterocycles. The predicted octanol–water partition coefficient (Wildman–Crippen LogP) is 2.23. The van der Waals surface area contributed by atoms with E-state index in [4.69, 9.17) is 11.6 Å². The van der Waals surface area contributed by atoms with Gasteiger partial charge in [0.1, 0.15) is 5.38 Å². The minimum absolute atomic E-state index is 0.0605. The van der Waals surface area contributed by atoms with E-state index in [1.807, 2.05) is 19.9 Å². The fourth-order valence-corrected chi connectivity index (χ4v) is 1.63. The highest BCUT2D eigenvalue weighted by molar-refractivity contribution is 6.30. The molecule has 0 aromatic carbocycles. The van der Waals surface area contributed by atoms with Gasteiger partial charge in [0, 0.05) is 25.5 Å². The van der Waals surface area contributed by atoms with Crippen LogP contribution in [0.5, 0.6) is 0 Å². The second-order valence-corrected chi connectivity index (χ2v) is 3.60. The summed E-state index contributed by atoms with van der Waals surface area (Å²) in [5.74, 6) is -0.0605. The van der Waals surface area contributed by atoms with Gasteiger partial charge in [-0.1, -0.05) is 6.07 Å². The van der Waals surface area contributed by atoms with Crippen LogP contribution in [0.3, 0.4) is 0 Å². The Bertz CT molecular complexity index is 312. The zero-order chi connectivity index (χ0) is 11.3. The number of rotatable bonds is 4. The molecule has 0 fully saturated rings. The first-order valence-electron chi connectivity index (χ1n) is 5.03. The number of nitrogens with zero attached hydrogens (tertiary/aromatic N) is 2. The third-order valence-corrected chi connectivity index (χ3v) is 2.71. The first-order chi connectivity index (χ1) is 7.20. The molecule has 0 spiro atoms. The van der Waals surface area contributed by atoms with E-state index in [9.17, 15) is 4.79 Å². The van der Waals surface area contributed by atoms with Crippen molar-refractivity contribution in [1.29, 1.82) is 0 Å². The third kappa shape index (κ3) is 2.93. The Morgan fingerprint density at radius 3 is 2.67 bits per heavy atom. The topological polar surface area (TPSA) is 33.2 Å². The maximum Gasteiger partial charge on any atom is 0.245 e. The summed E-state index contributed by atoms with van der Waals surface area (Å²) in [6.45, 7) is 5.24. The molecule has 0 saturated heterocycles. The monoisotopic (exact) mass is 226 g/mol. The van der Waals surface area contributed by atoms with Gasteiger partial charge in [0.25, 0.3) is 0 Å². The van der Waals surface area contributed by atoms with Crippen LogP contribution >= 0.6 is 11.6 Å². The standard InChI is InChI=1S/C11H15ClN2O/c1-3-14(4-2)11(15)10(12)9-6-5-7-13-8-9/h5-8,10H,3-4H2,1-2H3. The van der Waals surface area contributed by atoms with Crippen LogP contribution in [0.15, 0.2) is 24.5 Å². The van der Waals surface area contributed by atoms with Crippen LogP contribution in [-0.2, 0) is 4.79 Å². The highest BCUT2D eigenvalue weighted by Gasteiger charge is 2.21.